The van der Waals surface area contributed by atoms with Gasteiger partial charge in [-0.2, -0.15) is 0 Å². The van der Waals surface area contributed by atoms with E-state index in [0.717, 1.165) is 22.5 Å². The smallest absolute Gasteiger partial charge is 0.241 e. The van der Waals surface area contributed by atoms with E-state index in [-0.39, 0.29) is 4.90 Å². The van der Waals surface area contributed by atoms with Crippen LogP contribution >= 0.6 is 0 Å². The first kappa shape index (κ1) is 22.8. The summed E-state index contributed by atoms with van der Waals surface area (Å²) in [6, 6.07) is 22.7. The van der Waals surface area contributed by atoms with E-state index >= 15 is 0 Å². The maximum atomic E-state index is 13.1. The summed E-state index contributed by atoms with van der Waals surface area (Å²) in [7, 11) is 4.11. The van der Waals surface area contributed by atoms with Crippen molar-refractivity contribution >= 4 is 21.4 Å². The first-order chi connectivity index (χ1) is 14.7. The molecule has 3 aromatic carbocycles. The Kier molecular flexibility index (Phi) is 7.00. The summed E-state index contributed by atoms with van der Waals surface area (Å²) < 4.78 is 29.0. The van der Waals surface area contributed by atoms with E-state index in [9.17, 15) is 8.42 Å². The van der Waals surface area contributed by atoms with Crippen LogP contribution in [-0.2, 0) is 10.0 Å². The predicted octanol–water partition coefficient (Wildman–Crippen LogP) is 3.54. The molecule has 0 fully saturated rings. The van der Waals surface area contributed by atoms with E-state index < -0.39 is 22.1 Å². The van der Waals surface area contributed by atoms with E-state index in [1.807, 2.05) is 86.5 Å². The third-order valence-electron chi connectivity index (χ3n) is 5.26. The maximum Gasteiger partial charge on any atom is 0.241 e. The van der Waals surface area contributed by atoms with Gasteiger partial charge in [-0.05, 0) is 47.5 Å². The van der Waals surface area contributed by atoms with Crippen LogP contribution in [0.1, 0.15) is 23.2 Å². The molecule has 7 heteroatoms. The van der Waals surface area contributed by atoms with E-state index in [1.54, 1.807) is 30.3 Å². The van der Waals surface area contributed by atoms with Crippen LogP contribution in [-0.4, -0.2) is 36.6 Å². The minimum absolute atomic E-state index is 0.208. The lowest BCUT2D eigenvalue weighted by molar-refractivity contribution is 0.504. The Morgan fingerprint density at radius 1 is 0.710 bits per heavy atom. The molecule has 0 aliphatic heterocycles. The first-order valence-electron chi connectivity index (χ1n) is 10.1. The van der Waals surface area contributed by atoms with Crippen LogP contribution in [0, 0.1) is 0 Å². The molecule has 0 spiro atoms. The molecule has 2 unspecified atom stereocenters. The molecule has 0 saturated heterocycles. The summed E-state index contributed by atoms with van der Waals surface area (Å²) in [5.74, 6) is 0. The lowest BCUT2D eigenvalue weighted by Crippen LogP contribution is -2.36. The summed E-state index contributed by atoms with van der Waals surface area (Å²) in [6.07, 6.45) is 0. The van der Waals surface area contributed by atoms with E-state index in [1.165, 1.54) is 0 Å². The fraction of sp³-hybridized carbons (Fsp3) is 0.250. The second-order valence-corrected chi connectivity index (χ2v) is 9.62. The van der Waals surface area contributed by atoms with Gasteiger partial charge in [0.05, 0.1) is 17.0 Å². The molecule has 2 atom stereocenters. The highest BCUT2D eigenvalue weighted by molar-refractivity contribution is 7.89. The summed E-state index contributed by atoms with van der Waals surface area (Å²) in [4.78, 5) is 4.21. The second kappa shape index (κ2) is 9.51. The largest absolute Gasteiger partial charge is 0.378 e. The summed E-state index contributed by atoms with van der Waals surface area (Å²) in [6.45, 7) is 0. The van der Waals surface area contributed by atoms with Gasteiger partial charge in [-0.3, -0.25) is 0 Å². The van der Waals surface area contributed by atoms with Crippen LogP contribution < -0.4 is 20.3 Å². The van der Waals surface area contributed by atoms with Gasteiger partial charge in [0, 0.05) is 39.6 Å². The first-order valence-corrected chi connectivity index (χ1v) is 11.5. The predicted molar refractivity (Wildman–Crippen MR) is 128 cm³/mol. The highest BCUT2D eigenvalue weighted by Gasteiger charge is 2.27. The Bertz CT molecular complexity index is 1080. The van der Waals surface area contributed by atoms with Gasteiger partial charge in [0.15, 0.2) is 0 Å². The van der Waals surface area contributed by atoms with E-state index in [4.69, 9.17) is 5.73 Å². The number of hydrogen-bond acceptors (Lipinski definition) is 5. The maximum absolute atomic E-state index is 13.1. The lowest BCUT2D eigenvalue weighted by atomic mass is 9.94. The molecular formula is C24H30N4O2S. The number of rotatable bonds is 8. The van der Waals surface area contributed by atoms with Gasteiger partial charge in [0.1, 0.15) is 0 Å². The number of nitrogens with one attached hydrogen (secondary N) is 1. The average molecular weight is 439 g/mol. The number of anilines is 2. The summed E-state index contributed by atoms with van der Waals surface area (Å²) in [5, 5.41) is 0. The molecule has 0 saturated carbocycles. The third-order valence-corrected chi connectivity index (χ3v) is 6.71. The number of sulfonamides is 1. The molecule has 0 radical (unpaired) electrons. The van der Waals surface area contributed by atoms with E-state index in [2.05, 4.69) is 4.72 Å². The molecule has 3 aromatic rings. The van der Waals surface area contributed by atoms with Crippen molar-refractivity contribution in [2.75, 3.05) is 38.0 Å². The Morgan fingerprint density at radius 2 is 1.16 bits per heavy atom. The standard InChI is InChI=1S/C24H30N4O2S/c1-27(2)20-14-10-18(11-15-20)23(25)24(19-12-16-21(17-13-19)28(3)4)26-31(29,30)22-8-6-5-7-9-22/h5-17,23-24,26H,25H2,1-4H3. The lowest BCUT2D eigenvalue weighted by Gasteiger charge is -2.27. The Hall–Kier alpha value is -2.87. The molecule has 0 aliphatic rings. The SMILES string of the molecule is CN(C)c1ccc(C(N)C(NS(=O)(=O)c2ccccc2)c2ccc(N(C)C)cc2)cc1. The van der Waals surface area contributed by atoms with Crippen LogP contribution in [0.15, 0.2) is 83.8 Å². The number of benzene rings is 3. The van der Waals surface area contributed by atoms with Gasteiger partial charge in [-0.1, -0.05) is 42.5 Å². The molecule has 0 aromatic heterocycles. The number of hydrogen-bond donors (Lipinski definition) is 2. The molecule has 0 aliphatic carbocycles. The zero-order valence-electron chi connectivity index (χ0n) is 18.4. The van der Waals surface area contributed by atoms with Crippen molar-refractivity contribution < 1.29 is 8.42 Å². The van der Waals surface area contributed by atoms with Crippen LogP contribution in [0.25, 0.3) is 0 Å². The molecule has 0 bridgehead atoms. The summed E-state index contributed by atoms with van der Waals surface area (Å²) >= 11 is 0. The fourth-order valence-corrected chi connectivity index (χ4v) is 4.62. The van der Waals surface area contributed by atoms with Crippen LogP contribution in [0.4, 0.5) is 11.4 Å². The zero-order valence-corrected chi connectivity index (χ0v) is 19.2. The highest BCUT2D eigenvalue weighted by atomic mass is 32.2. The number of nitrogens with two attached hydrogens (primary N) is 1. The molecule has 0 heterocycles. The monoisotopic (exact) mass is 438 g/mol. The van der Waals surface area contributed by atoms with Crippen molar-refractivity contribution in [3.8, 4) is 0 Å². The van der Waals surface area contributed by atoms with Gasteiger partial charge < -0.3 is 15.5 Å². The Morgan fingerprint density at radius 3 is 1.61 bits per heavy atom. The molecule has 6 nitrogen and oxygen atoms in total. The molecule has 164 valence electrons. The quantitative estimate of drug-likeness (QED) is 0.562. The van der Waals surface area contributed by atoms with Gasteiger partial charge >= 0.3 is 0 Å². The molecular weight excluding hydrogens is 408 g/mol. The van der Waals surface area contributed by atoms with Gasteiger partial charge in [-0.15, -0.1) is 0 Å². The van der Waals surface area contributed by atoms with Gasteiger partial charge in [-0.25, -0.2) is 13.1 Å². The topological polar surface area (TPSA) is 78.7 Å². The zero-order chi connectivity index (χ0) is 22.6. The normalized spacial score (nSPS) is 13.5. The fourth-order valence-electron chi connectivity index (χ4n) is 3.35. The molecule has 3 rings (SSSR count). The van der Waals surface area contributed by atoms with Crippen molar-refractivity contribution in [1.29, 1.82) is 0 Å². The van der Waals surface area contributed by atoms with Crippen molar-refractivity contribution in [3.05, 3.63) is 90.0 Å². The number of nitrogens with zero attached hydrogens (tertiary/aromatic N) is 2. The van der Waals surface area contributed by atoms with Gasteiger partial charge in [0.2, 0.25) is 10.0 Å². The average Bonchev–Trinajstić information content (AvgIpc) is 2.78. The second-order valence-electron chi connectivity index (χ2n) is 7.91. The van der Waals surface area contributed by atoms with Crippen molar-refractivity contribution in [3.63, 3.8) is 0 Å². The van der Waals surface area contributed by atoms with Crippen LogP contribution in [0.3, 0.4) is 0 Å². The molecule has 0 amide bonds. The highest BCUT2D eigenvalue weighted by Crippen LogP contribution is 2.31. The molecule has 3 N–H and O–H groups in total. The summed E-state index contributed by atoms with van der Waals surface area (Å²) in [5.41, 5.74) is 10.4. The van der Waals surface area contributed by atoms with Gasteiger partial charge in [0.25, 0.3) is 0 Å². The van der Waals surface area contributed by atoms with Crippen molar-refractivity contribution in [2.24, 2.45) is 5.73 Å². The minimum Gasteiger partial charge on any atom is -0.378 e. The minimum atomic E-state index is -3.76. The third kappa shape index (κ3) is 5.44. The van der Waals surface area contributed by atoms with Crippen molar-refractivity contribution in [1.82, 2.24) is 4.72 Å². The Labute approximate surface area is 185 Å². The van der Waals surface area contributed by atoms with Crippen LogP contribution in [0.5, 0.6) is 0 Å². The van der Waals surface area contributed by atoms with Crippen LogP contribution in [0.2, 0.25) is 0 Å². The van der Waals surface area contributed by atoms with Crippen molar-refractivity contribution in [2.45, 2.75) is 17.0 Å². The van der Waals surface area contributed by atoms with E-state index in [0.29, 0.717) is 0 Å². The molecule has 31 heavy (non-hydrogen) atoms. The Balaban J connectivity index is 1.99.